The van der Waals surface area contributed by atoms with Crippen LogP contribution in [0.25, 0.3) is 11.3 Å². The number of benzene rings is 2. The molecule has 5 rings (SSSR count). The fourth-order valence-corrected chi connectivity index (χ4v) is 5.34. The fourth-order valence-electron chi connectivity index (χ4n) is 5.34. The Morgan fingerprint density at radius 3 is 2.64 bits per heavy atom. The third-order valence-electron chi connectivity index (χ3n) is 7.05. The molecule has 1 atom stereocenters. The molecule has 1 aliphatic heterocycles. The van der Waals surface area contributed by atoms with E-state index in [4.69, 9.17) is 13.9 Å². The van der Waals surface area contributed by atoms with E-state index >= 15 is 0 Å². The zero-order valence-corrected chi connectivity index (χ0v) is 22.9. The summed E-state index contributed by atoms with van der Waals surface area (Å²) in [5, 5.41) is 18.4. The SMILES string of the molecule is CCCCCOc1ccc(C2c3c(-c4c(C)cc(C)cc4O)n[nH]c3C(=O)N2Cc2ccco2)cc1OCC. The maximum absolute atomic E-state index is 13.8. The van der Waals surface area contributed by atoms with Crippen molar-refractivity contribution < 1.29 is 23.8 Å². The normalized spacial score (nSPS) is 14.6. The number of aromatic amines is 1. The first kappa shape index (κ1) is 26.4. The molecule has 8 heteroatoms. The summed E-state index contributed by atoms with van der Waals surface area (Å²) in [6, 6.07) is 12.7. The molecule has 0 saturated carbocycles. The van der Waals surface area contributed by atoms with Gasteiger partial charge < -0.3 is 23.9 Å². The van der Waals surface area contributed by atoms with Crippen molar-refractivity contribution in [1.82, 2.24) is 15.1 Å². The molecule has 39 heavy (non-hydrogen) atoms. The second kappa shape index (κ2) is 11.3. The highest BCUT2D eigenvalue weighted by Crippen LogP contribution is 2.47. The number of hydrogen-bond acceptors (Lipinski definition) is 6. The van der Waals surface area contributed by atoms with Crippen LogP contribution in [-0.4, -0.2) is 39.3 Å². The summed E-state index contributed by atoms with van der Waals surface area (Å²) in [4.78, 5) is 15.5. The van der Waals surface area contributed by atoms with E-state index in [0.717, 1.165) is 36.0 Å². The smallest absolute Gasteiger partial charge is 0.273 e. The molecule has 0 bridgehead atoms. The molecule has 1 aliphatic rings. The summed E-state index contributed by atoms with van der Waals surface area (Å²) >= 11 is 0. The first-order valence-electron chi connectivity index (χ1n) is 13.5. The number of phenolic OH excluding ortho intramolecular Hbond substituents is 1. The van der Waals surface area contributed by atoms with Crippen molar-refractivity contribution in [3.63, 3.8) is 0 Å². The van der Waals surface area contributed by atoms with E-state index in [1.807, 2.05) is 57.2 Å². The van der Waals surface area contributed by atoms with Crippen LogP contribution in [-0.2, 0) is 6.54 Å². The predicted octanol–water partition coefficient (Wildman–Crippen LogP) is 6.71. The van der Waals surface area contributed by atoms with Crippen LogP contribution >= 0.6 is 0 Å². The Balaban J connectivity index is 1.62. The highest BCUT2D eigenvalue weighted by atomic mass is 16.5. The number of nitrogens with zero attached hydrogens (tertiary/aromatic N) is 2. The number of furan rings is 1. The monoisotopic (exact) mass is 529 g/mol. The van der Waals surface area contributed by atoms with Crippen LogP contribution in [0.4, 0.5) is 0 Å². The van der Waals surface area contributed by atoms with Gasteiger partial charge in [-0.2, -0.15) is 5.10 Å². The van der Waals surface area contributed by atoms with Crippen molar-refractivity contribution >= 4 is 5.91 Å². The Kier molecular flexibility index (Phi) is 7.63. The first-order chi connectivity index (χ1) is 18.9. The van der Waals surface area contributed by atoms with Gasteiger partial charge in [-0.3, -0.25) is 9.89 Å². The molecule has 4 aromatic rings. The van der Waals surface area contributed by atoms with E-state index < -0.39 is 6.04 Å². The highest BCUT2D eigenvalue weighted by molar-refractivity contribution is 6.00. The van der Waals surface area contributed by atoms with Crippen LogP contribution < -0.4 is 9.47 Å². The molecule has 0 spiro atoms. The number of hydrogen-bond donors (Lipinski definition) is 2. The zero-order chi connectivity index (χ0) is 27.5. The third kappa shape index (κ3) is 5.11. The van der Waals surface area contributed by atoms with E-state index in [-0.39, 0.29) is 18.2 Å². The molecular formula is C31H35N3O5. The molecule has 3 heterocycles. The Labute approximate surface area is 228 Å². The summed E-state index contributed by atoms with van der Waals surface area (Å²) in [6.07, 6.45) is 4.79. The maximum atomic E-state index is 13.8. The molecule has 2 aromatic carbocycles. The Bertz CT molecular complexity index is 1430. The molecule has 2 N–H and O–H groups in total. The quantitative estimate of drug-likeness (QED) is 0.210. The number of carbonyl (C=O) groups is 1. The largest absolute Gasteiger partial charge is 0.507 e. The van der Waals surface area contributed by atoms with Crippen molar-refractivity contribution in [3.05, 3.63) is 82.4 Å². The number of aryl methyl sites for hydroxylation is 2. The standard InChI is InChI=1S/C31H35N3O5/c1-5-7-8-13-39-24-12-11-21(17-25(24)37-6-2)30-27-28(26-20(4)15-19(3)16-23(26)35)32-33-29(27)31(36)34(30)18-22-10-9-14-38-22/h9-12,14-17,30,35H,5-8,13,18H2,1-4H3,(H,32,33). The Hall–Kier alpha value is -4.20. The van der Waals surface area contributed by atoms with Gasteiger partial charge in [-0.15, -0.1) is 0 Å². The van der Waals surface area contributed by atoms with Gasteiger partial charge in [0.15, 0.2) is 11.5 Å². The minimum atomic E-state index is -0.486. The number of carbonyl (C=O) groups excluding carboxylic acids is 1. The second-order valence-corrected chi connectivity index (χ2v) is 9.95. The number of unbranched alkanes of at least 4 members (excludes halogenated alkanes) is 2. The van der Waals surface area contributed by atoms with E-state index in [1.165, 1.54) is 0 Å². The zero-order valence-electron chi connectivity index (χ0n) is 22.9. The van der Waals surface area contributed by atoms with Gasteiger partial charge in [0, 0.05) is 11.1 Å². The topological polar surface area (TPSA) is 101 Å². The molecule has 2 aromatic heterocycles. The minimum absolute atomic E-state index is 0.128. The number of aromatic nitrogens is 2. The molecule has 8 nitrogen and oxygen atoms in total. The number of nitrogens with one attached hydrogen (secondary N) is 1. The molecule has 204 valence electrons. The number of rotatable bonds is 11. The summed E-state index contributed by atoms with van der Waals surface area (Å²) in [5.74, 6) is 1.92. The molecule has 1 amide bonds. The van der Waals surface area contributed by atoms with Crippen LogP contribution in [0.1, 0.15) is 77.7 Å². The van der Waals surface area contributed by atoms with Gasteiger partial charge in [0.25, 0.3) is 5.91 Å². The van der Waals surface area contributed by atoms with Crippen molar-refractivity contribution in [1.29, 1.82) is 0 Å². The van der Waals surface area contributed by atoms with Crippen LogP contribution in [0, 0.1) is 13.8 Å². The average Bonchev–Trinajstić information content (AvgIpc) is 3.62. The molecule has 0 fully saturated rings. The average molecular weight is 530 g/mol. The Morgan fingerprint density at radius 2 is 1.92 bits per heavy atom. The highest BCUT2D eigenvalue weighted by Gasteiger charge is 2.43. The van der Waals surface area contributed by atoms with Gasteiger partial charge in [-0.1, -0.05) is 31.9 Å². The second-order valence-electron chi connectivity index (χ2n) is 9.95. The van der Waals surface area contributed by atoms with E-state index in [2.05, 4.69) is 17.1 Å². The number of H-pyrrole nitrogens is 1. The van der Waals surface area contributed by atoms with Gasteiger partial charge in [0.2, 0.25) is 0 Å². The lowest BCUT2D eigenvalue weighted by Gasteiger charge is -2.26. The number of fused-ring (bicyclic) bond motifs is 1. The minimum Gasteiger partial charge on any atom is -0.507 e. The lowest BCUT2D eigenvalue weighted by atomic mass is 9.93. The first-order valence-corrected chi connectivity index (χ1v) is 13.5. The van der Waals surface area contributed by atoms with Gasteiger partial charge in [-0.25, -0.2) is 0 Å². The fraction of sp³-hybridized carbons (Fsp3) is 0.355. The predicted molar refractivity (Wildman–Crippen MR) is 148 cm³/mol. The van der Waals surface area contributed by atoms with Gasteiger partial charge >= 0.3 is 0 Å². The van der Waals surface area contributed by atoms with Gasteiger partial charge in [-0.05, 0) is 74.2 Å². The molecule has 0 radical (unpaired) electrons. The van der Waals surface area contributed by atoms with E-state index in [9.17, 15) is 9.90 Å². The lowest BCUT2D eigenvalue weighted by Crippen LogP contribution is -2.29. The molecule has 0 aliphatic carbocycles. The van der Waals surface area contributed by atoms with Crippen molar-refractivity contribution in [3.8, 4) is 28.5 Å². The summed E-state index contributed by atoms with van der Waals surface area (Å²) in [7, 11) is 0. The summed E-state index contributed by atoms with van der Waals surface area (Å²) in [5.41, 5.74) is 4.96. The molecular weight excluding hydrogens is 494 g/mol. The van der Waals surface area contributed by atoms with Crippen molar-refractivity contribution in [2.24, 2.45) is 0 Å². The van der Waals surface area contributed by atoms with Crippen molar-refractivity contribution in [2.45, 2.75) is 59.5 Å². The summed E-state index contributed by atoms with van der Waals surface area (Å²) in [6.45, 7) is 9.34. The third-order valence-corrected chi connectivity index (χ3v) is 7.05. The number of phenols is 1. The lowest BCUT2D eigenvalue weighted by molar-refractivity contribution is 0.0716. The summed E-state index contributed by atoms with van der Waals surface area (Å²) < 4.78 is 17.7. The van der Waals surface area contributed by atoms with Gasteiger partial charge in [0.05, 0.1) is 32.1 Å². The number of aromatic hydroxyl groups is 1. The van der Waals surface area contributed by atoms with Crippen LogP contribution in [0.15, 0.2) is 53.1 Å². The Morgan fingerprint density at radius 1 is 1.08 bits per heavy atom. The van der Waals surface area contributed by atoms with E-state index in [0.29, 0.717) is 53.0 Å². The number of ether oxygens (including phenoxy) is 2. The number of amides is 1. The van der Waals surface area contributed by atoms with Gasteiger partial charge in [0.1, 0.15) is 22.9 Å². The molecule has 0 saturated heterocycles. The van der Waals surface area contributed by atoms with E-state index in [1.54, 1.807) is 17.2 Å². The van der Waals surface area contributed by atoms with Crippen LogP contribution in [0.5, 0.6) is 17.2 Å². The van der Waals surface area contributed by atoms with Crippen LogP contribution in [0.3, 0.4) is 0 Å². The maximum Gasteiger partial charge on any atom is 0.273 e. The van der Waals surface area contributed by atoms with Crippen molar-refractivity contribution in [2.75, 3.05) is 13.2 Å². The molecule has 1 unspecified atom stereocenters. The van der Waals surface area contributed by atoms with Crippen LogP contribution in [0.2, 0.25) is 0 Å².